The highest BCUT2D eigenvalue weighted by Gasteiger charge is 2.36. The average Bonchev–Trinajstić information content (AvgIpc) is 3.31. The minimum absolute atomic E-state index is 0.0577. The molecule has 1 aliphatic rings. The first-order chi connectivity index (χ1) is 14.6. The smallest absolute Gasteiger partial charge is 0.264 e. The quantitative estimate of drug-likeness (QED) is 0.596. The summed E-state index contributed by atoms with van der Waals surface area (Å²) in [5.41, 5.74) is 2.22. The van der Waals surface area contributed by atoms with Crippen LogP contribution in [0.15, 0.2) is 54.2 Å². The number of aromatic nitrogens is 1. The number of nitrogens with zero attached hydrogens (tertiary/aromatic N) is 2. The molecule has 0 radical (unpaired) electrons. The van der Waals surface area contributed by atoms with Crippen molar-refractivity contribution in [1.82, 2.24) is 9.88 Å². The van der Waals surface area contributed by atoms with Gasteiger partial charge in [-0.3, -0.25) is 9.78 Å². The van der Waals surface area contributed by atoms with Crippen molar-refractivity contribution in [3.05, 3.63) is 70.2 Å². The molecule has 2 atom stereocenters. The number of ether oxygens (including phenoxy) is 3. The molecule has 1 amide bonds. The maximum atomic E-state index is 13.4. The summed E-state index contributed by atoms with van der Waals surface area (Å²) < 4.78 is 16.9. The molecule has 7 heteroatoms. The standard InChI is InChI=1S/C23H24N2O4S/c1-15(29-17-6-4-9-24-14-17)23(26)25-10-8-16-12-19(27-2)20(28-3)13-18(16)22(25)21-7-5-11-30-21/h4-7,9,11-15,22H,8,10H2,1-3H3/t15-,22+/m0/s1. The van der Waals surface area contributed by atoms with Gasteiger partial charge in [-0.1, -0.05) is 6.07 Å². The van der Waals surface area contributed by atoms with Crippen LogP contribution in [0.1, 0.15) is 29.0 Å². The molecule has 3 aromatic rings. The van der Waals surface area contributed by atoms with Crippen LogP contribution < -0.4 is 14.2 Å². The molecule has 1 aromatic carbocycles. The largest absolute Gasteiger partial charge is 0.493 e. The van der Waals surface area contributed by atoms with E-state index < -0.39 is 6.10 Å². The maximum Gasteiger partial charge on any atom is 0.264 e. The first-order valence-corrected chi connectivity index (χ1v) is 10.7. The fraction of sp³-hybridized carbons (Fsp3) is 0.304. The zero-order valence-corrected chi connectivity index (χ0v) is 18.0. The van der Waals surface area contributed by atoms with E-state index in [2.05, 4.69) is 11.1 Å². The summed E-state index contributed by atoms with van der Waals surface area (Å²) in [4.78, 5) is 20.5. The van der Waals surface area contributed by atoms with Gasteiger partial charge < -0.3 is 19.1 Å². The van der Waals surface area contributed by atoms with Crippen LogP contribution in [0.3, 0.4) is 0 Å². The van der Waals surface area contributed by atoms with Gasteiger partial charge in [0.25, 0.3) is 5.91 Å². The number of rotatable bonds is 6. The minimum Gasteiger partial charge on any atom is -0.493 e. The molecule has 3 heterocycles. The number of amides is 1. The first kappa shape index (κ1) is 20.2. The molecule has 0 aliphatic carbocycles. The Bertz CT molecular complexity index is 1010. The van der Waals surface area contributed by atoms with Gasteiger partial charge >= 0.3 is 0 Å². The van der Waals surface area contributed by atoms with Crippen LogP contribution in [-0.2, 0) is 11.2 Å². The third-order valence-electron chi connectivity index (χ3n) is 5.26. The van der Waals surface area contributed by atoms with Crippen molar-refractivity contribution in [2.45, 2.75) is 25.5 Å². The lowest BCUT2D eigenvalue weighted by molar-refractivity contribution is -0.140. The summed E-state index contributed by atoms with van der Waals surface area (Å²) in [6.07, 6.45) is 3.40. The summed E-state index contributed by atoms with van der Waals surface area (Å²) in [7, 11) is 3.26. The van der Waals surface area contributed by atoms with Gasteiger partial charge in [-0.05, 0) is 60.2 Å². The van der Waals surface area contributed by atoms with E-state index >= 15 is 0 Å². The monoisotopic (exact) mass is 424 g/mol. The lowest BCUT2D eigenvalue weighted by atomic mass is 9.90. The number of carbonyl (C=O) groups excluding carboxylic acids is 1. The van der Waals surface area contributed by atoms with E-state index in [1.165, 1.54) is 0 Å². The molecule has 0 bridgehead atoms. The second-order valence-corrected chi connectivity index (χ2v) is 8.03. The Morgan fingerprint density at radius 3 is 2.67 bits per heavy atom. The number of thiophene rings is 1. The molecule has 0 saturated heterocycles. The summed E-state index contributed by atoms with van der Waals surface area (Å²) in [6, 6.07) is 11.5. The van der Waals surface area contributed by atoms with E-state index in [0.29, 0.717) is 23.8 Å². The number of fused-ring (bicyclic) bond motifs is 1. The summed E-state index contributed by atoms with van der Waals surface area (Å²) >= 11 is 1.64. The van der Waals surface area contributed by atoms with Crippen molar-refractivity contribution in [3.8, 4) is 17.2 Å². The van der Waals surface area contributed by atoms with Crippen LogP contribution in [0.25, 0.3) is 0 Å². The Kier molecular flexibility index (Phi) is 5.90. The van der Waals surface area contributed by atoms with Crippen LogP contribution in [0.2, 0.25) is 0 Å². The SMILES string of the molecule is COc1cc2c(cc1OC)[C@H](c1cccs1)N(C(=O)[C@H](C)Oc1cccnc1)CC2. The van der Waals surface area contributed by atoms with Crippen molar-refractivity contribution >= 4 is 17.2 Å². The molecule has 0 unspecified atom stereocenters. The van der Waals surface area contributed by atoms with Gasteiger partial charge in [0.15, 0.2) is 17.6 Å². The van der Waals surface area contributed by atoms with Crippen LogP contribution in [0.4, 0.5) is 0 Å². The molecule has 30 heavy (non-hydrogen) atoms. The Morgan fingerprint density at radius 1 is 1.20 bits per heavy atom. The van der Waals surface area contributed by atoms with E-state index in [-0.39, 0.29) is 11.9 Å². The van der Waals surface area contributed by atoms with Gasteiger partial charge in [0.05, 0.1) is 26.5 Å². The Labute approximate surface area is 180 Å². The van der Waals surface area contributed by atoms with Crippen molar-refractivity contribution in [2.24, 2.45) is 0 Å². The van der Waals surface area contributed by atoms with Crippen LogP contribution in [-0.4, -0.2) is 42.7 Å². The predicted octanol–water partition coefficient (Wildman–Crippen LogP) is 4.10. The fourth-order valence-corrected chi connectivity index (χ4v) is 4.70. The number of pyridine rings is 1. The van der Waals surface area contributed by atoms with E-state index in [1.807, 2.05) is 28.5 Å². The second-order valence-electron chi connectivity index (χ2n) is 7.05. The predicted molar refractivity (Wildman–Crippen MR) is 115 cm³/mol. The van der Waals surface area contributed by atoms with E-state index in [9.17, 15) is 4.79 Å². The van der Waals surface area contributed by atoms with Crippen LogP contribution >= 0.6 is 11.3 Å². The van der Waals surface area contributed by atoms with E-state index in [4.69, 9.17) is 14.2 Å². The van der Waals surface area contributed by atoms with Crippen LogP contribution in [0, 0.1) is 0 Å². The van der Waals surface area contributed by atoms with Gasteiger partial charge in [-0.2, -0.15) is 0 Å². The van der Waals surface area contributed by atoms with Gasteiger partial charge in [0, 0.05) is 17.6 Å². The number of carbonyl (C=O) groups is 1. The molecule has 4 rings (SSSR count). The number of methoxy groups -OCH3 is 2. The lowest BCUT2D eigenvalue weighted by Gasteiger charge is -2.38. The maximum absolute atomic E-state index is 13.4. The molecular formula is C23H24N2O4S. The molecule has 0 spiro atoms. The van der Waals surface area contributed by atoms with Gasteiger partial charge in [0.2, 0.25) is 0 Å². The number of benzene rings is 1. The molecule has 0 saturated carbocycles. The summed E-state index contributed by atoms with van der Waals surface area (Å²) in [6.45, 7) is 2.38. The van der Waals surface area contributed by atoms with Crippen molar-refractivity contribution in [1.29, 1.82) is 0 Å². The normalized spacial score (nSPS) is 16.5. The highest BCUT2D eigenvalue weighted by Crippen LogP contribution is 2.42. The van der Waals surface area contributed by atoms with Crippen molar-refractivity contribution < 1.29 is 19.0 Å². The van der Waals surface area contributed by atoms with Crippen molar-refractivity contribution in [2.75, 3.05) is 20.8 Å². The molecule has 2 aromatic heterocycles. The highest BCUT2D eigenvalue weighted by atomic mass is 32.1. The topological polar surface area (TPSA) is 60.9 Å². The van der Waals surface area contributed by atoms with Gasteiger partial charge in [-0.25, -0.2) is 0 Å². The zero-order chi connectivity index (χ0) is 21.1. The third-order valence-corrected chi connectivity index (χ3v) is 6.19. The van der Waals surface area contributed by atoms with Gasteiger partial charge in [-0.15, -0.1) is 11.3 Å². The molecule has 0 N–H and O–H groups in total. The van der Waals surface area contributed by atoms with Gasteiger partial charge in [0.1, 0.15) is 5.75 Å². The van der Waals surface area contributed by atoms with Crippen LogP contribution in [0.5, 0.6) is 17.2 Å². The van der Waals surface area contributed by atoms with E-state index in [1.54, 1.807) is 57.0 Å². The number of hydrogen-bond donors (Lipinski definition) is 0. The zero-order valence-electron chi connectivity index (χ0n) is 17.2. The van der Waals surface area contributed by atoms with Crippen molar-refractivity contribution in [3.63, 3.8) is 0 Å². The minimum atomic E-state index is -0.627. The Morgan fingerprint density at radius 2 is 2.00 bits per heavy atom. The summed E-state index contributed by atoms with van der Waals surface area (Å²) in [5.74, 6) is 1.88. The molecule has 156 valence electrons. The molecule has 1 aliphatic heterocycles. The highest BCUT2D eigenvalue weighted by molar-refractivity contribution is 7.10. The van der Waals surface area contributed by atoms with E-state index in [0.717, 1.165) is 22.4 Å². The first-order valence-electron chi connectivity index (χ1n) is 9.77. The fourth-order valence-electron chi connectivity index (χ4n) is 3.84. The third kappa shape index (κ3) is 3.85. The molecule has 0 fully saturated rings. The molecule has 6 nitrogen and oxygen atoms in total. The lowest BCUT2D eigenvalue weighted by Crippen LogP contribution is -2.46. The Balaban J connectivity index is 1.69. The molecular weight excluding hydrogens is 400 g/mol. The summed E-state index contributed by atoms with van der Waals surface area (Å²) in [5, 5.41) is 2.03. The second kappa shape index (κ2) is 8.75. The number of hydrogen-bond acceptors (Lipinski definition) is 6. The Hall–Kier alpha value is -3.06. The average molecular weight is 425 g/mol.